The van der Waals surface area contributed by atoms with Crippen LogP contribution < -0.4 is 0 Å². The van der Waals surface area contributed by atoms with Crippen molar-refractivity contribution in [2.75, 3.05) is 0 Å². The second-order valence-corrected chi connectivity index (χ2v) is 1.96. The molecule has 0 bridgehead atoms. The van der Waals surface area contributed by atoms with Crippen molar-refractivity contribution in [2.45, 2.75) is 0 Å². The van der Waals surface area contributed by atoms with Crippen molar-refractivity contribution in [1.82, 2.24) is 0 Å². The summed E-state index contributed by atoms with van der Waals surface area (Å²) in [6.07, 6.45) is 1.70. The summed E-state index contributed by atoms with van der Waals surface area (Å²) in [5, 5.41) is 13.2. The molecule has 0 saturated carbocycles. The van der Waals surface area contributed by atoms with Gasteiger partial charge in [0.05, 0.1) is 6.26 Å². The molecule has 0 atom stereocenters. The molecule has 3 heteroatoms. The topological polar surface area (TPSA) is 60.7 Å². The highest BCUT2D eigenvalue weighted by Gasteiger charge is 1.89. The number of hydrogen-bond donors (Lipinski definition) is 0. The van der Waals surface area contributed by atoms with Crippen molar-refractivity contribution >= 4 is 11.0 Å². The zero-order valence-corrected chi connectivity index (χ0v) is 5.77. The van der Waals surface area contributed by atoms with Crippen LogP contribution in [0.5, 0.6) is 0 Å². The van der Waals surface area contributed by atoms with Gasteiger partial charge in [-0.15, -0.1) is 0 Å². The Hall–Kier alpha value is -1.82. The molecule has 0 saturated heterocycles. The molecule has 0 spiro atoms. The van der Waals surface area contributed by atoms with Crippen molar-refractivity contribution in [3.05, 3.63) is 36.6 Å². The van der Waals surface area contributed by atoms with Crippen molar-refractivity contribution < 1.29 is 4.42 Å². The fourth-order valence-electron chi connectivity index (χ4n) is 0.906. The van der Waals surface area contributed by atoms with E-state index in [1.165, 1.54) is 0 Å². The molecule has 54 valence electrons. The minimum absolute atomic E-state index is 0.956. The number of nitrogens with zero attached hydrogens (tertiary/aromatic N) is 2. The van der Waals surface area contributed by atoms with Crippen LogP contribution in [0.25, 0.3) is 11.0 Å². The molecule has 0 fully saturated rings. The lowest BCUT2D eigenvalue weighted by Gasteiger charge is -1.81. The van der Waals surface area contributed by atoms with Gasteiger partial charge >= 0.3 is 0 Å². The van der Waals surface area contributed by atoms with E-state index in [1.54, 1.807) is 6.26 Å². The Morgan fingerprint density at radius 3 is 2.45 bits per heavy atom. The van der Waals surface area contributed by atoms with Gasteiger partial charge in [-0.3, -0.25) is 0 Å². The molecule has 1 aromatic carbocycles. The van der Waals surface area contributed by atoms with E-state index in [-0.39, 0.29) is 0 Å². The number of benzene rings is 1. The monoisotopic (exact) mass is 146 g/mol. The third-order valence-corrected chi connectivity index (χ3v) is 1.36. The molecule has 3 nitrogen and oxygen atoms in total. The van der Waals surface area contributed by atoms with Gasteiger partial charge in [-0.05, 0) is 12.1 Å². The fourth-order valence-corrected chi connectivity index (χ4v) is 0.906. The largest absolute Gasteiger partial charge is 0.464 e. The second-order valence-electron chi connectivity index (χ2n) is 1.96. The van der Waals surface area contributed by atoms with Crippen LogP contribution in [0.2, 0.25) is 0 Å². The number of fused-ring (bicyclic) bond motifs is 1. The first kappa shape index (κ1) is 7.29. The van der Waals surface area contributed by atoms with Gasteiger partial charge in [-0.2, -0.15) is 0 Å². The molecule has 1 heterocycles. The Kier molecular flexibility index (Phi) is 2.24. The molecule has 0 unspecified atom stereocenters. The van der Waals surface area contributed by atoms with Gasteiger partial charge in [0.25, 0.3) is 0 Å². The fraction of sp³-hybridized carbons (Fsp3) is 0. The van der Waals surface area contributed by atoms with Crippen LogP contribution in [0.3, 0.4) is 0 Å². The number of hydrogen-bond acceptors (Lipinski definition) is 3. The van der Waals surface area contributed by atoms with E-state index in [0.29, 0.717) is 0 Å². The average Bonchev–Trinajstić information content (AvgIpc) is 2.55. The Balaban J connectivity index is 0.000000281. The third-order valence-electron chi connectivity index (χ3n) is 1.36. The zero-order valence-electron chi connectivity index (χ0n) is 5.77. The van der Waals surface area contributed by atoms with E-state index >= 15 is 0 Å². The van der Waals surface area contributed by atoms with Gasteiger partial charge in [-0.1, -0.05) is 18.2 Å². The van der Waals surface area contributed by atoms with E-state index in [9.17, 15) is 0 Å². The first-order chi connectivity index (χ1) is 5.47. The molecule has 0 N–H and O–H groups in total. The Bertz CT molecular complexity index is 321. The summed E-state index contributed by atoms with van der Waals surface area (Å²) < 4.78 is 5.12. The predicted molar refractivity (Wildman–Crippen MR) is 39.7 cm³/mol. The smallest absolute Gasteiger partial charge is 0.133 e. The van der Waals surface area contributed by atoms with E-state index < -0.39 is 0 Å². The van der Waals surface area contributed by atoms with Gasteiger partial charge in [-0.25, -0.2) is 0 Å². The Labute approximate surface area is 63.7 Å². The lowest BCUT2D eigenvalue weighted by atomic mass is 10.3. The van der Waals surface area contributed by atoms with Gasteiger partial charge < -0.3 is 4.42 Å². The van der Waals surface area contributed by atoms with E-state index in [1.807, 2.05) is 30.3 Å². The first-order valence-electron chi connectivity index (χ1n) is 3.09. The highest BCUT2D eigenvalue weighted by atomic mass is 16.3. The predicted octanol–water partition coefficient (Wildman–Crippen LogP) is 2.46. The molecular weight excluding hydrogens is 140 g/mol. The van der Waals surface area contributed by atoms with Crippen LogP contribution in [-0.2, 0) is 0 Å². The zero-order chi connectivity index (χ0) is 8.10. The maximum atomic E-state index is 6.00. The van der Waals surface area contributed by atoms with Gasteiger partial charge in [0.15, 0.2) is 0 Å². The number of para-hydroxylation sites is 1. The summed E-state index contributed by atoms with van der Waals surface area (Å²) in [5.41, 5.74) is 0.956. The standard InChI is InChI=1S/C8H6O.N2/c1-2-4-8-7(3-1)5-6-9-8;1-2/h1-6H;. The SMILES string of the molecule is N#N.c1ccc2occc2c1. The normalized spacial score (nSPS) is 8.55. The summed E-state index contributed by atoms with van der Waals surface area (Å²) in [6.45, 7) is 0. The highest BCUT2D eigenvalue weighted by Crippen LogP contribution is 2.12. The van der Waals surface area contributed by atoms with E-state index in [0.717, 1.165) is 11.0 Å². The van der Waals surface area contributed by atoms with Crippen molar-refractivity contribution in [1.29, 1.82) is 10.8 Å². The molecule has 0 amide bonds. The minimum Gasteiger partial charge on any atom is -0.464 e. The molecule has 1 aromatic heterocycles. The summed E-state index contributed by atoms with van der Waals surface area (Å²) in [4.78, 5) is 0. The van der Waals surface area contributed by atoms with Crippen LogP contribution in [0.4, 0.5) is 0 Å². The second kappa shape index (κ2) is 3.37. The number of rotatable bonds is 0. The molecule has 11 heavy (non-hydrogen) atoms. The third kappa shape index (κ3) is 1.36. The summed E-state index contributed by atoms with van der Waals surface area (Å²) in [5.74, 6) is 0. The van der Waals surface area contributed by atoms with Crippen LogP contribution in [0.1, 0.15) is 0 Å². The van der Waals surface area contributed by atoms with Gasteiger partial charge in [0, 0.05) is 16.2 Å². The molecule has 0 aliphatic heterocycles. The van der Waals surface area contributed by atoms with Gasteiger partial charge in [0.2, 0.25) is 0 Å². The lowest BCUT2D eigenvalue weighted by molar-refractivity contribution is 0.616. The molecule has 0 aliphatic rings. The van der Waals surface area contributed by atoms with Gasteiger partial charge in [0.1, 0.15) is 5.58 Å². The maximum Gasteiger partial charge on any atom is 0.133 e. The quantitative estimate of drug-likeness (QED) is 0.536. The summed E-state index contributed by atoms with van der Waals surface area (Å²) >= 11 is 0. The van der Waals surface area contributed by atoms with Crippen LogP contribution in [-0.4, -0.2) is 0 Å². The molecule has 0 aliphatic carbocycles. The average molecular weight is 146 g/mol. The number of furan rings is 1. The first-order valence-corrected chi connectivity index (χ1v) is 3.09. The molecule has 2 aromatic rings. The molecular formula is C8H6N2O. The minimum atomic E-state index is 0.956. The van der Waals surface area contributed by atoms with Crippen LogP contribution in [0, 0.1) is 10.8 Å². The summed E-state index contributed by atoms with van der Waals surface area (Å²) in [7, 11) is 0. The highest BCUT2D eigenvalue weighted by molar-refractivity contribution is 5.76. The van der Waals surface area contributed by atoms with Crippen LogP contribution >= 0.6 is 0 Å². The van der Waals surface area contributed by atoms with E-state index in [2.05, 4.69) is 0 Å². The molecule has 2 rings (SSSR count). The van der Waals surface area contributed by atoms with Crippen molar-refractivity contribution in [3.8, 4) is 0 Å². The Morgan fingerprint density at radius 1 is 1.00 bits per heavy atom. The summed E-state index contributed by atoms with van der Waals surface area (Å²) in [6, 6.07) is 9.90. The van der Waals surface area contributed by atoms with Crippen molar-refractivity contribution in [2.24, 2.45) is 0 Å². The van der Waals surface area contributed by atoms with E-state index in [4.69, 9.17) is 15.2 Å². The van der Waals surface area contributed by atoms with Crippen molar-refractivity contribution in [3.63, 3.8) is 0 Å². The lowest BCUT2D eigenvalue weighted by Crippen LogP contribution is -1.57. The Morgan fingerprint density at radius 2 is 1.73 bits per heavy atom. The van der Waals surface area contributed by atoms with Crippen LogP contribution in [0.15, 0.2) is 41.0 Å². The molecule has 0 radical (unpaired) electrons. The maximum absolute atomic E-state index is 6.00.